The number of nitrogens with zero attached hydrogens (tertiary/aromatic N) is 3. The van der Waals surface area contributed by atoms with Gasteiger partial charge < -0.3 is 10.6 Å². The van der Waals surface area contributed by atoms with E-state index < -0.39 is 9.84 Å². The van der Waals surface area contributed by atoms with Gasteiger partial charge in [-0.25, -0.2) is 18.4 Å². The van der Waals surface area contributed by atoms with Gasteiger partial charge >= 0.3 is 0 Å². The summed E-state index contributed by atoms with van der Waals surface area (Å²) in [6.07, 6.45) is 2.41. The predicted octanol–water partition coefficient (Wildman–Crippen LogP) is 0.682. The summed E-state index contributed by atoms with van der Waals surface area (Å²) in [6.45, 7) is 4.38. The molecule has 1 atom stereocenters. The number of rotatable bonds is 4. The van der Waals surface area contributed by atoms with Crippen LogP contribution in [0, 0.1) is 0 Å². The van der Waals surface area contributed by atoms with Gasteiger partial charge in [-0.3, -0.25) is 0 Å². The number of sulfone groups is 1. The Morgan fingerprint density at radius 2 is 2.20 bits per heavy atom. The average molecular weight is 298 g/mol. The first-order valence-corrected chi connectivity index (χ1v) is 8.65. The molecule has 1 fully saturated rings. The van der Waals surface area contributed by atoms with Crippen LogP contribution in [0.5, 0.6) is 0 Å². The molecule has 2 N–H and O–H groups in total. The van der Waals surface area contributed by atoms with Gasteiger partial charge in [0, 0.05) is 25.6 Å². The van der Waals surface area contributed by atoms with Crippen LogP contribution in [0.2, 0.25) is 0 Å². The maximum absolute atomic E-state index is 11.6. The van der Waals surface area contributed by atoms with E-state index in [1.54, 1.807) is 6.20 Å². The molecule has 112 valence electrons. The summed E-state index contributed by atoms with van der Waals surface area (Å²) in [7, 11) is -1.02. The summed E-state index contributed by atoms with van der Waals surface area (Å²) < 4.78 is 23.2. The van der Waals surface area contributed by atoms with Gasteiger partial charge in [0.2, 0.25) is 0 Å². The van der Waals surface area contributed by atoms with Gasteiger partial charge in [-0.2, -0.15) is 0 Å². The van der Waals surface area contributed by atoms with Gasteiger partial charge in [-0.15, -0.1) is 0 Å². The minimum Gasteiger partial charge on any atom is -0.368 e. The van der Waals surface area contributed by atoms with Crippen molar-refractivity contribution in [1.82, 2.24) is 9.97 Å². The Morgan fingerprint density at radius 3 is 2.70 bits per heavy atom. The van der Waals surface area contributed by atoms with Crippen LogP contribution in [0.1, 0.15) is 37.7 Å². The largest absolute Gasteiger partial charge is 0.368 e. The Kier molecular flexibility index (Phi) is 4.29. The van der Waals surface area contributed by atoms with Crippen molar-refractivity contribution in [2.75, 3.05) is 23.5 Å². The van der Waals surface area contributed by atoms with E-state index in [-0.39, 0.29) is 23.5 Å². The van der Waals surface area contributed by atoms with Gasteiger partial charge in [0.1, 0.15) is 5.82 Å². The molecule has 1 aromatic heterocycles. The summed E-state index contributed by atoms with van der Waals surface area (Å²) in [5.41, 5.74) is 7.38. The van der Waals surface area contributed by atoms with E-state index in [0.717, 1.165) is 17.2 Å². The summed E-state index contributed by atoms with van der Waals surface area (Å²) in [6, 6.07) is -0.0150. The molecule has 0 spiro atoms. The zero-order valence-corrected chi connectivity index (χ0v) is 13.0. The normalized spacial score (nSPS) is 21.4. The minimum atomic E-state index is -2.90. The van der Waals surface area contributed by atoms with Crippen LogP contribution in [0.3, 0.4) is 0 Å². The first-order valence-electron chi connectivity index (χ1n) is 6.83. The van der Waals surface area contributed by atoms with Crippen LogP contribution in [-0.2, 0) is 16.4 Å². The SMILES string of the molecule is CC(C)c1ncc(N(C)C2CCS(=O)(=O)C2)c(CN)n1. The standard InChI is InChI=1S/C13H22N4O2S/c1-9(2)13-15-7-12(11(6-14)16-13)17(3)10-4-5-20(18,19)8-10/h7,9-10H,4-6,8,14H2,1-3H3. The summed E-state index contributed by atoms with van der Waals surface area (Å²) in [4.78, 5) is 10.8. The van der Waals surface area contributed by atoms with Gasteiger partial charge in [0.25, 0.3) is 0 Å². The fraction of sp³-hybridized carbons (Fsp3) is 0.692. The number of hydrogen-bond acceptors (Lipinski definition) is 6. The molecule has 20 heavy (non-hydrogen) atoms. The van der Waals surface area contributed by atoms with Gasteiger partial charge in [0.15, 0.2) is 9.84 Å². The lowest BCUT2D eigenvalue weighted by molar-refractivity contribution is 0.600. The Balaban J connectivity index is 2.28. The second kappa shape index (κ2) is 5.65. The quantitative estimate of drug-likeness (QED) is 0.879. The average Bonchev–Trinajstić information content (AvgIpc) is 2.77. The second-order valence-corrected chi connectivity index (χ2v) is 7.82. The van der Waals surface area contributed by atoms with Crippen molar-refractivity contribution in [3.63, 3.8) is 0 Å². The molecule has 0 aromatic carbocycles. The molecular formula is C13H22N4O2S. The Hall–Kier alpha value is -1.21. The third-order valence-electron chi connectivity index (χ3n) is 3.71. The first kappa shape index (κ1) is 15.2. The summed E-state index contributed by atoms with van der Waals surface area (Å²) in [5, 5.41) is 0. The van der Waals surface area contributed by atoms with Gasteiger partial charge in [-0.1, -0.05) is 13.8 Å². The van der Waals surface area contributed by atoms with Crippen LogP contribution in [-0.4, -0.2) is 43.0 Å². The molecule has 1 saturated heterocycles. The Labute approximate surface area is 120 Å². The molecule has 0 radical (unpaired) electrons. The number of aromatic nitrogens is 2. The summed E-state index contributed by atoms with van der Waals surface area (Å²) >= 11 is 0. The Bertz CT molecular complexity index is 586. The van der Waals surface area contributed by atoms with Crippen molar-refractivity contribution in [2.45, 2.75) is 38.8 Å². The van der Waals surface area contributed by atoms with Gasteiger partial charge in [-0.05, 0) is 6.42 Å². The van der Waals surface area contributed by atoms with Crippen LogP contribution in [0.4, 0.5) is 5.69 Å². The molecule has 1 aliphatic rings. The van der Waals surface area contributed by atoms with Crippen molar-refractivity contribution in [2.24, 2.45) is 5.73 Å². The predicted molar refractivity (Wildman–Crippen MR) is 79.5 cm³/mol. The molecule has 6 nitrogen and oxygen atoms in total. The molecule has 7 heteroatoms. The highest BCUT2D eigenvalue weighted by Gasteiger charge is 2.31. The van der Waals surface area contributed by atoms with Crippen molar-refractivity contribution >= 4 is 15.5 Å². The molecular weight excluding hydrogens is 276 g/mol. The van der Waals surface area contributed by atoms with E-state index in [4.69, 9.17) is 5.73 Å². The zero-order valence-electron chi connectivity index (χ0n) is 12.2. The fourth-order valence-corrected chi connectivity index (χ4v) is 4.20. The lowest BCUT2D eigenvalue weighted by Gasteiger charge is -2.27. The van der Waals surface area contributed by atoms with Gasteiger partial charge in [0.05, 0.1) is 29.1 Å². The van der Waals surface area contributed by atoms with Crippen LogP contribution < -0.4 is 10.6 Å². The Morgan fingerprint density at radius 1 is 1.50 bits per heavy atom. The molecule has 1 unspecified atom stereocenters. The summed E-state index contributed by atoms with van der Waals surface area (Å²) in [5.74, 6) is 1.46. The molecule has 2 heterocycles. The number of hydrogen-bond donors (Lipinski definition) is 1. The molecule has 1 aliphatic heterocycles. The van der Waals surface area contributed by atoms with Crippen LogP contribution in [0.25, 0.3) is 0 Å². The highest BCUT2D eigenvalue weighted by atomic mass is 32.2. The van der Waals surface area contributed by atoms with Crippen molar-refractivity contribution in [3.05, 3.63) is 17.7 Å². The molecule has 1 aromatic rings. The topological polar surface area (TPSA) is 89.2 Å². The van der Waals surface area contributed by atoms with Crippen molar-refractivity contribution in [3.8, 4) is 0 Å². The monoisotopic (exact) mass is 298 g/mol. The minimum absolute atomic E-state index is 0.0150. The second-order valence-electron chi connectivity index (χ2n) is 5.59. The number of anilines is 1. The fourth-order valence-electron chi connectivity index (χ4n) is 2.43. The molecule has 0 bridgehead atoms. The third-order valence-corrected chi connectivity index (χ3v) is 5.46. The lowest BCUT2D eigenvalue weighted by atomic mass is 10.1. The third kappa shape index (κ3) is 3.09. The maximum atomic E-state index is 11.6. The zero-order chi connectivity index (χ0) is 14.9. The molecule has 0 aliphatic carbocycles. The number of nitrogens with two attached hydrogens (primary N) is 1. The molecule has 0 saturated carbocycles. The molecule has 0 amide bonds. The van der Waals surface area contributed by atoms with Crippen molar-refractivity contribution < 1.29 is 8.42 Å². The van der Waals surface area contributed by atoms with Crippen LogP contribution >= 0.6 is 0 Å². The van der Waals surface area contributed by atoms with Crippen molar-refractivity contribution in [1.29, 1.82) is 0 Å². The van der Waals surface area contributed by atoms with E-state index in [1.807, 2.05) is 25.8 Å². The first-order chi connectivity index (χ1) is 9.34. The smallest absolute Gasteiger partial charge is 0.152 e. The molecule has 2 rings (SSSR count). The highest BCUT2D eigenvalue weighted by molar-refractivity contribution is 7.91. The van der Waals surface area contributed by atoms with E-state index >= 15 is 0 Å². The lowest BCUT2D eigenvalue weighted by Crippen LogP contribution is -2.34. The maximum Gasteiger partial charge on any atom is 0.152 e. The van der Waals surface area contributed by atoms with E-state index in [0.29, 0.717) is 13.0 Å². The van der Waals surface area contributed by atoms with E-state index in [2.05, 4.69) is 9.97 Å². The van der Waals surface area contributed by atoms with Crippen LogP contribution in [0.15, 0.2) is 6.20 Å². The highest BCUT2D eigenvalue weighted by Crippen LogP contribution is 2.25. The van der Waals surface area contributed by atoms with E-state index in [9.17, 15) is 8.42 Å². The van der Waals surface area contributed by atoms with E-state index in [1.165, 1.54) is 0 Å².